The van der Waals surface area contributed by atoms with E-state index in [0.29, 0.717) is 35.6 Å². The standard InChI is InChI=1S/C42H32N4O3/c1-29-38(41(47)45(42(48)39(29)26-43)24-23-30-11-4-2-5-12-30)25-34-27-46(35-16-6-3-7-17-35)44-40(34)32-19-21-36(22-20-32)49-28-33-15-10-14-31-13-8-9-18-37(31)33/h2-22,25,27H,23-24,28H2,1H3/b38-25+. The Morgan fingerprint density at radius 3 is 2.24 bits per heavy atom. The van der Waals surface area contributed by atoms with Crippen LogP contribution >= 0.6 is 0 Å². The van der Waals surface area contributed by atoms with Gasteiger partial charge in [0.2, 0.25) is 0 Å². The van der Waals surface area contributed by atoms with Crippen LogP contribution in [0.4, 0.5) is 0 Å². The molecule has 1 aliphatic heterocycles. The van der Waals surface area contributed by atoms with Gasteiger partial charge in [-0.3, -0.25) is 14.5 Å². The second kappa shape index (κ2) is 13.7. The highest BCUT2D eigenvalue weighted by Gasteiger charge is 2.35. The summed E-state index contributed by atoms with van der Waals surface area (Å²) in [6.07, 6.45) is 4.08. The summed E-state index contributed by atoms with van der Waals surface area (Å²) in [5.41, 5.74) is 5.68. The molecule has 1 aromatic heterocycles. The number of fused-ring (bicyclic) bond motifs is 1. The maximum atomic E-state index is 13.9. The van der Waals surface area contributed by atoms with Gasteiger partial charge in [0, 0.05) is 29.4 Å². The lowest BCUT2D eigenvalue weighted by Crippen LogP contribution is -2.43. The zero-order chi connectivity index (χ0) is 33.7. The highest BCUT2D eigenvalue weighted by molar-refractivity contribution is 6.19. The van der Waals surface area contributed by atoms with Crippen LogP contribution in [0.5, 0.6) is 5.75 Å². The summed E-state index contributed by atoms with van der Waals surface area (Å²) < 4.78 is 7.96. The van der Waals surface area contributed by atoms with Crippen LogP contribution in [0.2, 0.25) is 0 Å². The van der Waals surface area contributed by atoms with Crippen LogP contribution in [0.1, 0.15) is 23.6 Å². The van der Waals surface area contributed by atoms with Gasteiger partial charge in [0.25, 0.3) is 11.8 Å². The number of imide groups is 1. The first-order valence-electron chi connectivity index (χ1n) is 16.1. The van der Waals surface area contributed by atoms with Gasteiger partial charge < -0.3 is 4.74 Å². The minimum absolute atomic E-state index is 0.0383. The van der Waals surface area contributed by atoms with E-state index in [4.69, 9.17) is 9.84 Å². The van der Waals surface area contributed by atoms with Crippen molar-refractivity contribution < 1.29 is 14.3 Å². The number of nitrogens with zero attached hydrogens (tertiary/aromatic N) is 4. The van der Waals surface area contributed by atoms with Crippen molar-refractivity contribution in [2.75, 3.05) is 6.54 Å². The summed E-state index contributed by atoms with van der Waals surface area (Å²) in [7, 11) is 0. The van der Waals surface area contributed by atoms with Crippen LogP contribution in [-0.4, -0.2) is 33.0 Å². The molecule has 238 valence electrons. The fourth-order valence-corrected chi connectivity index (χ4v) is 6.09. The second-order valence-electron chi connectivity index (χ2n) is 11.8. The van der Waals surface area contributed by atoms with Crippen LogP contribution in [-0.2, 0) is 22.6 Å². The SMILES string of the molecule is CC1=C(C#N)C(=O)N(CCc2ccccc2)C(=O)/C1=C/c1cn(-c2ccccc2)nc1-c1ccc(OCc2cccc3ccccc23)cc1. The normalized spacial score (nSPS) is 14.0. The highest BCUT2D eigenvalue weighted by Crippen LogP contribution is 2.32. The van der Waals surface area contributed by atoms with Crippen LogP contribution < -0.4 is 4.74 Å². The predicted octanol–water partition coefficient (Wildman–Crippen LogP) is 8.11. The Kier molecular flexibility index (Phi) is 8.68. The van der Waals surface area contributed by atoms with Gasteiger partial charge in [0.1, 0.15) is 24.0 Å². The molecule has 0 saturated carbocycles. The number of rotatable bonds is 9. The highest BCUT2D eigenvalue weighted by atomic mass is 16.5. The third kappa shape index (κ3) is 6.40. The quantitative estimate of drug-likeness (QED) is 0.118. The van der Waals surface area contributed by atoms with E-state index in [1.807, 2.05) is 115 Å². The number of aromatic nitrogens is 2. The Morgan fingerprint density at radius 2 is 1.49 bits per heavy atom. The Bertz CT molecular complexity index is 2270. The molecule has 0 fully saturated rings. The minimum atomic E-state index is -0.572. The first-order chi connectivity index (χ1) is 24.0. The van der Waals surface area contributed by atoms with Gasteiger partial charge in [-0.25, -0.2) is 4.68 Å². The average Bonchev–Trinajstić information content (AvgIpc) is 3.57. The summed E-state index contributed by atoms with van der Waals surface area (Å²) >= 11 is 0. The van der Waals surface area contributed by atoms with E-state index in [0.717, 1.165) is 27.8 Å². The van der Waals surface area contributed by atoms with E-state index in [1.165, 1.54) is 10.3 Å². The molecule has 0 bridgehead atoms. The first-order valence-corrected chi connectivity index (χ1v) is 16.1. The Morgan fingerprint density at radius 1 is 0.796 bits per heavy atom. The summed E-state index contributed by atoms with van der Waals surface area (Å²) in [4.78, 5) is 28.4. The Labute approximate surface area is 284 Å². The maximum absolute atomic E-state index is 13.9. The molecule has 0 aliphatic carbocycles. The number of amides is 2. The third-order valence-electron chi connectivity index (χ3n) is 8.76. The van der Waals surface area contributed by atoms with Crippen LogP contribution in [0.25, 0.3) is 33.8 Å². The summed E-state index contributed by atoms with van der Waals surface area (Å²) in [5, 5.41) is 17.2. The predicted molar refractivity (Wildman–Crippen MR) is 190 cm³/mol. The zero-order valence-corrected chi connectivity index (χ0v) is 26.9. The topological polar surface area (TPSA) is 88.2 Å². The van der Waals surface area contributed by atoms with Gasteiger partial charge >= 0.3 is 0 Å². The third-order valence-corrected chi connectivity index (χ3v) is 8.76. The fraction of sp³-hybridized carbons (Fsp3) is 0.0952. The summed E-state index contributed by atoms with van der Waals surface area (Å²) in [5.74, 6) is -0.294. The smallest absolute Gasteiger partial charge is 0.271 e. The molecule has 7 rings (SSSR count). The minimum Gasteiger partial charge on any atom is -0.489 e. The molecule has 5 aromatic carbocycles. The van der Waals surface area contributed by atoms with Crippen LogP contribution in [0.15, 0.2) is 150 Å². The molecular weight excluding hydrogens is 608 g/mol. The number of carbonyl (C=O) groups excluding carboxylic acids is 2. The maximum Gasteiger partial charge on any atom is 0.271 e. The number of nitriles is 1. The molecule has 2 heterocycles. The van der Waals surface area contributed by atoms with Crippen LogP contribution in [0, 0.1) is 11.3 Å². The van der Waals surface area contributed by atoms with Crippen molar-refractivity contribution in [3.8, 4) is 28.8 Å². The molecule has 2 amide bonds. The largest absolute Gasteiger partial charge is 0.489 e. The Hall–Kier alpha value is -6.52. The number of benzene rings is 5. The zero-order valence-electron chi connectivity index (χ0n) is 26.9. The first kappa shape index (κ1) is 31.1. The number of para-hydroxylation sites is 1. The van der Waals surface area contributed by atoms with Crippen molar-refractivity contribution in [2.45, 2.75) is 20.0 Å². The fourth-order valence-electron chi connectivity index (χ4n) is 6.09. The van der Waals surface area contributed by atoms with Crippen molar-refractivity contribution in [1.82, 2.24) is 14.7 Å². The van der Waals surface area contributed by atoms with E-state index in [9.17, 15) is 14.9 Å². The van der Waals surface area contributed by atoms with Gasteiger partial charge in [-0.2, -0.15) is 10.4 Å². The lowest BCUT2D eigenvalue weighted by atomic mass is 9.93. The molecule has 0 unspecified atom stereocenters. The molecule has 0 atom stereocenters. The molecular formula is C42H32N4O3. The van der Waals surface area contributed by atoms with Crippen molar-refractivity contribution in [2.24, 2.45) is 0 Å². The number of carbonyl (C=O) groups is 2. The molecule has 49 heavy (non-hydrogen) atoms. The Balaban J connectivity index is 1.22. The lowest BCUT2D eigenvalue weighted by Gasteiger charge is -2.27. The van der Waals surface area contributed by atoms with Crippen molar-refractivity contribution in [3.05, 3.63) is 167 Å². The van der Waals surface area contributed by atoms with Crippen molar-refractivity contribution in [1.29, 1.82) is 5.26 Å². The number of hydrogen-bond donors (Lipinski definition) is 0. The molecule has 7 nitrogen and oxygen atoms in total. The van der Waals surface area contributed by atoms with Crippen LogP contribution in [0.3, 0.4) is 0 Å². The van der Waals surface area contributed by atoms with E-state index in [1.54, 1.807) is 17.7 Å². The van der Waals surface area contributed by atoms with Crippen molar-refractivity contribution in [3.63, 3.8) is 0 Å². The number of hydrogen-bond acceptors (Lipinski definition) is 5. The van der Waals surface area contributed by atoms with E-state index in [-0.39, 0.29) is 17.7 Å². The average molecular weight is 641 g/mol. The summed E-state index contributed by atoms with van der Waals surface area (Å²) in [6.45, 7) is 2.24. The van der Waals surface area contributed by atoms with Gasteiger partial charge in [0.05, 0.1) is 11.4 Å². The molecule has 0 spiro atoms. The van der Waals surface area contributed by atoms with Gasteiger partial charge in [-0.15, -0.1) is 0 Å². The van der Waals surface area contributed by atoms with E-state index in [2.05, 4.69) is 24.3 Å². The molecule has 6 aromatic rings. The number of ether oxygens (including phenoxy) is 1. The lowest BCUT2D eigenvalue weighted by molar-refractivity contribution is -0.140. The van der Waals surface area contributed by atoms with E-state index >= 15 is 0 Å². The molecule has 1 aliphatic rings. The second-order valence-corrected chi connectivity index (χ2v) is 11.8. The monoisotopic (exact) mass is 640 g/mol. The van der Waals surface area contributed by atoms with E-state index < -0.39 is 11.8 Å². The molecule has 0 radical (unpaired) electrons. The summed E-state index contributed by atoms with van der Waals surface area (Å²) in [6, 6.07) is 43.6. The van der Waals surface area contributed by atoms with Gasteiger partial charge in [-0.1, -0.05) is 91.0 Å². The molecule has 0 saturated heterocycles. The molecule has 7 heteroatoms. The van der Waals surface area contributed by atoms with Gasteiger partial charge in [0.15, 0.2) is 0 Å². The van der Waals surface area contributed by atoms with Crippen molar-refractivity contribution >= 4 is 28.7 Å². The van der Waals surface area contributed by atoms with Gasteiger partial charge in [-0.05, 0) is 83.3 Å². The molecule has 0 N–H and O–H groups in total.